The smallest absolute Gasteiger partial charge is 0.261 e. The van der Waals surface area contributed by atoms with E-state index in [0.29, 0.717) is 17.7 Å². The van der Waals surface area contributed by atoms with Crippen molar-refractivity contribution in [3.8, 4) is 0 Å². The van der Waals surface area contributed by atoms with E-state index in [1.807, 2.05) is 30.3 Å². The number of imide groups is 1. The first-order chi connectivity index (χ1) is 11.2. The van der Waals surface area contributed by atoms with E-state index in [1.54, 1.807) is 0 Å². The van der Waals surface area contributed by atoms with Gasteiger partial charge in [-0.1, -0.05) is 32.4 Å². The van der Waals surface area contributed by atoms with Crippen LogP contribution < -0.4 is 5.32 Å². The minimum absolute atomic E-state index is 0.172. The lowest BCUT2D eigenvalue weighted by Gasteiger charge is -2.27. The average molecular weight is 310 g/mol. The number of hydrogen-bond acceptors (Lipinski definition) is 3. The van der Waals surface area contributed by atoms with Crippen LogP contribution in [-0.2, 0) is 0 Å². The predicted molar refractivity (Wildman–Crippen MR) is 93.0 cm³/mol. The van der Waals surface area contributed by atoms with E-state index in [9.17, 15) is 9.59 Å². The molecular weight excluding hydrogens is 288 g/mol. The Balaban J connectivity index is 2.13. The molecule has 4 heteroatoms. The van der Waals surface area contributed by atoms with Crippen LogP contribution in [0, 0.1) is 0 Å². The van der Waals surface area contributed by atoms with Crippen LogP contribution >= 0.6 is 0 Å². The first kappa shape index (κ1) is 15.5. The molecule has 2 aromatic rings. The van der Waals surface area contributed by atoms with Gasteiger partial charge in [-0.2, -0.15) is 0 Å². The van der Waals surface area contributed by atoms with Crippen LogP contribution in [0.4, 0.5) is 5.69 Å². The van der Waals surface area contributed by atoms with E-state index in [1.165, 1.54) is 4.90 Å². The van der Waals surface area contributed by atoms with Gasteiger partial charge in [0, 0.05) is 40.7 Å². The number of nitrogens with zero attached hydrogens (tertiary/aromatic N) is 1. The highest BCUT2D eigenvalue weighted by atomic mass is 16.2. The number of amides is 2. The van der Waals surface area contributed by atoms with E-state index in [4.69, 9.17) is 0 Å². The summed E-state index contributed by atoms with van der Waals surface area (Å²) in [5, 5.41) is 5.12. The maximum absolute atomic E-state index is 12.7. The quantitative estimate of drug-likeness (QED) is 0.819. The Bertz CT molecular complexity index is 745. The van der Waals surface area contributed by atoms with Crippen molar-refractivity contribution in [2.45, 2.75) is 33.1 Å². The fourth-order valence-corrected chi connectivity index (χ4v) is 3.08. The monoisotopic (exact) mass is 310 g/mol. The average Bonchev–Trinajstić information content (AvgIpc) is 2.58. The van der Waals surface area contributed by atoms with E-state index in [2.05, 4.69) is 19.2 Å². The van der Waals surface area contributed by atoms with Gasteiger partial charge in [-0.15, -0.1) is 0 Å². The number of rotatable bonds is 6. The molecule has 0 bridgehead atoms. The largest absolute Gasteiger partial charge is 0.385 e. The summed E-state index contributed by atoms with van der Waals surface area (Å²) < 4.78 is 0. The van der Waals surface area contributed by atoms with Gasteiger partial charge in [0.25, 0.3) is 11.8 Å². The number of carbonyl (C=O) groups is 2. The van der Waals surface area contributed by atoms with Gasteiger partial charge in [0.1, 0.15) is 0 Å². The molecule has 3 rings (SSSR count). The molecule has 4 nitrogen and oxygen atoms in total. The van der Waals surface area contributed by atoms with Crippen LogP contribution in [0.15, 0.2) is 30.3 Å². The molecule has 0 aromatic heterocycles. The lowest BCUT2D eigenvalue weighted by molar-refractivity contribution is 0.0608. The van der Waals surface area contributed by atoms with Gasteiger partial charge >= 0.3 is 0 Å². The van der Waals surface area contributed by atoms with Crippen LogP contribution in [0.3, 0.4) is 0 Å². The Morgan fingerprint density at radius 2 is 1.70 bits per heavy atom. The molecule has 1 N–H and O–H groups in total. The molecule has 1 aliphatic heterocycles. The second kappa shape index (κ2) is 6.41. The number of benzene rings is 2. The van der Waals surface area contributed by atoms with Crippen molar-refractivity contribution in [3.05, 3.63) is 41.5 Å². The number of anilines is 1. The summed E-state index contributed by atoms with van der Waals surface area (Å²) in [4.78, 5) is 26.8. The Kier molecular flexibility index (Phi) is 4.33. The Morgan fingerprint density at radius 1 is 0.957 bits per heavy atom. The van der Waals surface area contributed by atoms with Crippen molar-refractivity contribution in [1.82, 2.24) is 4.90 Å². The molecule has 0 radical (unpaired) electrons. The summed E-state index contributed by atoms with van der Waals surface area (Å²) in [6.07, 6.45) is 2.80. The Labute approximate surface area is 136 Å². The van der Waals surface area contributed by atoms with Gasteiger partial charge in [-0.05, 0) is 31.0 Å². The van der Waals surface area contributed by atoms with Crippen molar-refractivity contribution >= 4 is 28.3 Å². The van der Waals surface area contributed by atoms with Gasteiger partial charge in [-0.25, -0.2) is 0 Å². The van der Waals surface area contributed by atoms with E-state index >= 15 is 0 Å². The van der Waals surface area contributed by atoms with Gasteiger partial charge in [0.2, 0.25) is 0 Å². The fourth-order valence-electron chi connectivity index (χ4n) is 3.08. The van der Waals surface area contributed by atoms with Crippen LogP contribution in [0.25, 0.3) is 10.8 Å². The molecular formula is C19H22N2O2. The highest BCUT2D eigenvalue weighted by molar-refractivity contribution is 6.26. The van der Waals surface area contributed by atoms with Crippen LogP contribution in [0.2, 0.25) is 0 Å². The van der Waals surface area contributed by atoms with Crippen LogP contribution in [0.5, 0.6) is 0 Å². The number of nitrogens with one attached hydrogen (secondary N) is 1. The summed E-state index contributed by atoms with van der Waals surface area (Å²) in [6, 6.07) is 9.48. The second-order valence-electron chi connectivity index (χ2n) is 5.93. The minimum Gasteiger partial charge on any atom is -0.385 e. The van der Waals surface area contributed by atoms with Crippen molar-refractivity contribution in [1.29, 1.82) is 0 Å². The highest BCUT2D eigenvalue weighted by Crippen LogP contribution is 2.34. The molecule has 0 aliphatic carbocycles. The molecule has 0 unspecified atom stereocenters. The SMILES string of the molecule is CCCCN1C(=O)c2cccc3c(NCCC)ccc(c23)C1=O. The molecule has 0 saturated heterocycles. The summed E-state index contributed by atoms with van der Waals surface area (Å²) >= 11 is 0. The van der Waals surface area contributed by atoms with E-state index in [0.717, 1.165) is 42.3 Å². The zero-order valence-electron chi connectivity index (χ0n) is 13.7. The van der Waals surface area contributed by atoms with Crippen molar-refractivity contribution in [2.24, 2.45) is 0 Å². The highest BCUT2D eigenvalue weighted by Gasteiger charge is 2.32. The van der Waals surface area contributed by atoms with Gasteiger partial charge < -0.3 is 5.32 Å². The minimum atomic E-state index is -0.172. The number of unbranched alkanes of at least 4 members (excludes halogenated alkanes) is 1. The van der Waals surface area contributed by atoms with Crippen molar-refractivity contribution in [2.75, 3.05) is 18.4 Å². The standard InChI is InChI=1S/C19H22N2O2/c1-3-5-12-21-18(22)14-8-6-7-13-16(20-11-4-2)10-9-15(17(13)14)19(21)23/h6-10,20H,3-5,11-12H2,1-2H3. The van der Waals surface area contributed by atoms with Crippen molar-refractivity contribution < 1.29 is 9.59 Å². The summed E-state index contributed by atoms with van der Waals surface area (Å²) in [5.74, 6) is -0.344. The van der Waals surface area contributed by atoms with E-state index in [-0.39, 0.29) is 11.8 Å². The molecule has 2 aromatic carbocycles. The molecule has 0 spiro atoms. The van der Waals surface area contributed by atoms with Crippen molar-refractivity contribution in [3.63, 3.8) is 0 Å². The second-order valence-corrected chi connectivity index (χ2v) is 5.93. The molecule has 1 heterocycles. The maximum atomic E-state index is 12.7. The zero-order valence-corrected chi connectivity index (χ0v) is 13.7. The molecule has 0 fully saturated rings. The Hall–Kier alpha value is -2.36. The fraction of sp³-hybridized carbons (Fsp3) is 0.368. The lowest BCUT2D eigenvalue weighted by atomic mass is 9.93. The number of carbonyl (C=O) groups excluding carboxylic acids is 2. The molecule has 0 atom stereocenters. The van der Waals surface area contributed by atoms with Crippen LogP contribution in [0.1, 0.15) is 53.8 Å². The predicted octanol–water partition coefficient (Wildman–Crippen LogP) is 4.06. The summed E-state index contributed by atoms with van der Waals surface area (Å²) in [7, 11) is 0. The third kappa shape index (κ3) is 2.58. The number of hydrogen-bond donors (Lipinski definition) is 1. The van der Waals surface area contributed by atoms with Gasteiger partial charge in [0.05, 0.1) is 0 Å². The first-order valence-corrected chi connectivity index (χ1v) is 8.34. The third-order valence-corrected chi connectivity index (χ3v) is 4.29. The lowest BCUT2D eigenvalue weighted by Crippen LogP contribution is -2.40. The molecule has 0 saturated carbocycles. The van der Waals surface area contributed by atoms with Gasteiger partial charge in [0.15, 0.2) is 0 Å². The first-order valence-electron chi connectivity index (χ1n) is 8.34. The van der Waals surface area contributed by atoms with Gasteiger partial charge in [-0.3, -0.25) is 14.5 Å². The maximum Gasteiger partial charge on any atom is 0.261 e. The van der Waals surface area contributed by atoms with Crippen LogP contribution in [-0.4, -0.2) is 29.8 Å². The topological polar surface area (TPSA) is 49.4 Å². The third-order valence-electron chi connectivity index (χ3n) is 4.29. The Morgan fingerprint density at radius 3 is 2.39 bits per heavy atom. The zero-order chi connectivity index (χ0) is 16.4. The summed E-state index contributed by atoms with van der Waals surface area (Å²) in [5.41, 5.74) is 2.25. The normalized spacial score (nSPS) is 13.7. The molecule has 120 valence electrons. The molecule has 1 aliphatic rings. The molecule has 23 heavy (non-hydrogen) atoms. The summed E-state index contributed by atoms with van der Waals surface area (Å²) in [6.45, 7) is 5.51. The molecule has 2 amide bonds. The van der Waals surface area contributed by atoms with E-state index < -0.39 is 0 Å².